The first-order valence-electron chi connectivity index (χ1n) is 14.5. The Morgan fingerprint density at radius 2 is 1.62 bits per heavy atom. The average Bonchev–Trinajstić information content (AvgIpc) is 3.50. The second-order valence-corrected chi connectivity index (χ2v) is 11.1. The van der Waals surface area contributed by atoms with E-state index in [1.807, 2.05) is 0 Å². The van der Waals surface area contributed by atoms with Gasteiger partial charge in [-0.2, -0.15) is 0 Å². The first kappa shape index (κ1) is 34.5. The Morgan fingerprint density at radius 1 is 0.979 bits per heavy atom. The molecule has 1 aliphatic heterocycles. The van der Waals surface area contributed by atoms with Crippen molar-refractivity contribution in [3.05, 3.63) is 78.1 Å². The second kappa shape index (κ2) is 14.8. The highest BCUT2D eigenvalue weighted by molar-refractivity contribution is 6.11. The SMILES string of the molecule is CC(C)C(NC(Cc1ccc2c(c1)OCO2)(C(N)=O)C(=O)COc1ccc(OCN(C(N)=O)c2ccccc2F)cc1)[C@H](N)C(=O)O. The number of urea groups is 1. The van der Waals surface area contributed by atoms with Crippen molar-refractivity contribution in [3.8, 4) is 23.0 Å². The van der Waals surface area contributed by atoms with Gasteiger partial charge in [0.2, 0.25) is 12.7 Å². The van der Waals surface area contributed by atoms with Crippen LogP contribution in [0.25, 0.3) is 0 Å². The number of benzene rings is 3. The van der Waals surface area contributed by atoms with Crippen molar-refractivity contribution in [2.45, 2.75) is 37.9 Å². The number of carboxylic acid groups (broad SMARTS) is 1. The molecule has 15 heteroatoms. The monoisotopic (exact) mass is 653 g/mol. The van der Waals surface area contributed by atoms with Crippen LogP contribution in [0.3, 0.4) is 0 Å². The maximum Gasteiger partial charge on any atom is 0.322 e. The Bertz CT molecular complexity index is 1620. The van der Waals surface area contributed by atoms with E-state index in [0.717, 1.165) is 4.90 Å². The van der Waals surface area contributed by atoms with Gasteiger partial charge in [-0.05, 0) is 60.0 Å². The van der Waals surface area contributed by atoms with Crippen molar-refractivity contribution < 1.29 is 47.6 Å². The van der Waals surface area contributed by atoms with Crippen LogP contribution in [0.4, 0.5) is 14.9 Å². The van der Waals surface area contributed by atoms with Crippen LogP contribution in [0.15, 0.2) is 66.7 Å². The van der Waals surface area contributed by atoms with Crippen LogP contribution in [0, 0.1) is 11.7 Å². The molecule has 0 aliphatic carbocycles. The topological polar surface area (TPSA) is 219 Å². The van der Waals surface area contributed by atoms with Crippen LogP contribution in [0.5, 0.6) is 23.0 Å². The molecule has 1 heterocycles. The predicted octanol–water partition coefficient (Wildman–Crippen LogP) is 1.92. The molecular weight excluding hydrogens is 617 g/mol. The molecule has 0 saturated carbocycles. The summed E-state index contributed by atoms with van der Waals surface area (Å²) in [4.78, 5) is 51.7. The highest BCUT2D eigenvalue weighted by Gasteiger charge is 2.48. The summed E-state index contributed by atoms with van der Waals surface area (Å²) >= 11 is 0. The normalized spacial score (nSPS) is 14.5. The number of hydrogen-bond acceptors (Lipinski definition) is 10. The van der Waals surface area contributed by atoms with Gasteiger partial charge in [-0.1, -0.05) is 32.0 Å². The molecule has 14 nitrogen and oxygen atoms in total. The van der Waals surface area contributed by atoms with E-state index in [0.29, 0.717) is 17.1 Å². The summed E-state index contributed by atoms with van der Waals surface area (Å²) in [5.74, 6) is -2.91. The fourth-order valence-corrected chi connectivity index (χ4v) is 4.96. The third-order valence-corrected chi connectivity index (χ3v) is 7.57. The lowest BCUT2D eigenvalue weighted by atomic mass is 9.82. The van der Waals surface area contributed by atoms with Gasteiger partial charge in [-0.3, -0.25) is 24.6 Å². The van der Waals surface area contributed by atoms with Crippen LogP contribution in [0.2, 0.25) is 0 Å². The number of amides is 3. The zero-order valence-electron chi connectivity index (χ0n) is 25.7. The number of nitrogens with two attached hydrogens (primary N) is 3. The molecule has 0 aromatic heterocycles. The number of primary amides is 2. The minimum Gasteiger partial charge on any atom is -0.486 e. The van der Waals surface area contributed by atoms with Crippen molar-refractivity contribution in [1.82, 2.24) is 5.32 Å². The van der Waals surface area contributed by atoms with Gasteiger partial charge in [0, 0.05) is 12.5 Å². The first-order chi connectivity index (χ1) is 22.3. The number of hydrogen-bond donors (Lipinski definition) is 5. The minimum absolute atomic E-state index is 0.00641. The standard InChI is InChI=1S/C32H36FN5O9/c1-18(2)28(27(34)29(40)41)37-32(30(35)42,14-19-7-12-24-25(13-19)47-17-46-24)26(39)15-44-20-8-10-21(11-9-20)45-16-38(31(36)43)23-6-4-3-5-22(23)33/h3-13,18,27-28,37H,14-17,34H2,1-2H3,(H2,35,42)(H2,36,43)(H,40,41)/t27-,28?,32?/m0/s1. The van der Waals surface area contributed by atoms with Crippen LogP contribution >= 0.6 is 0 Å². The summed E-state index contributed by atoms with van der Waals surface area (Å²) < 4.78 is 36.3. The van der Waals surface area contributed by atoms with E-state index in [1.165, 1.54) is 42.5 Å². The fraction of sp³-hybridized carbons (Fsp3) is 0.312. The van der Waals surface area contributed by atoms with Crippen molar-refractivity contribution in [2.24, 2.45) is 23.1 Å². The van der Waals surface area contributed by atoms with Gasteiger partial charge >= 0.3 is 12.0 Å². The Labute approximate surface area is 269 Å². The molecule has 3 aromatic rings. The van der Waals surface area contributed by atoms with Crippen molar-refractivity contribution in [1.29, 1.82) is 0 Å². The Balaban J connectivity index is 1.52. The van der Waals surface area contributed by atoms with Gasteiger partial charge in [0.05, 0.1) is 5.69 Å². The smallest absolute Gasteiger partial charge is 0.322 e. The number of fused-ring (bicyclic) bond motifs is 1. The summed E-state index contributed by atoms with van der Waals surface area (Å²) in [5, 5.41) is 12.5. The quantitative estimate of drug-likeness (QED) is 0.111. The molecule has 4 rings (SSSR count). The van der Waals surface area contributed by atoms with Crippen LogP contribution in [0.1, 0.15) is 19.4 Å². The van der Waals surface area contributed by atoms with Crippen molar-refractivity contribution >= 4 is 29.4 Å². The number of ketones is 1. The average molecular weight is 654 g/mol. The molecule has 8 N–H and O–H groups in total. The lowest BCUT2D eigenvalue weighted by Crippen LogP contribution is -2.70. The van der Waals surface area contributed by atoms with Crippen LogP contribution in [-0.2, 0) is 20.8 Å². The van der Waals surface area contributed by atoms with Gasteiger partial charge in [0.15, 0.2) is 29.6 Å². The van der Waals surface area contributed by atoms with E-state index >= 15 is 0 Å². The third-order valence-electron chi connectivity index (χ3n) is 7.57. The Hall–Kier alpha value is -5.41. The van der Waals surface area contributed by atoms with Crippen molar-refractivity contribution in [2.75, 3.05) is 25.0 Å². The zero-order valence-corrected chi connectivity index (χ0v) is 25.7. The molecule has 0 spiro atoms. The number of halogens is 1. The van der Waals surface area contributed by atoms with Crippen LogP contribution in [-0.4, -0.2) is 66.6 Å². The number of rotatable bonds is 16. The summed E-state index contributed by atoms with van der Waals surface area (Å²) in [6.45, 7) is 2.35. The maximum atomic E-state index is 14.2. The molecule has 2 unspecified atom stereocenters. The first-order valence-corrected chi connectivity index (χ1v) is 14.5. The number of anilines is 1. The lowest BCUT2D eigenvalue weighted by molar-refractivity contribution is -0.143. The molecular formula is C32H36FN5O9. The molecule has 3 aromatic carbocycles. The summed E-state index contributed by atoms with van der Waals surface area (Å²) in [6, 6.07) is 12.9. The maximum absolute atomic E-state index is 14.2. The number of para-hydroxylation sites is 1. The fourth-order valence-electron chi connectivity index (χ4n) is 4.96. The molecule has 1 aliphatic rings. The summed E-state index contributed by atoms with van der Waals surface area (Å²) in [6.07, 6.45) is -0.276. The van der Waals surface area contributed by atoms with E-state index in [9.17, 15) is 28.7 Å². The summed E-state index contributed by atoms with van der Waals surface area (Å²) in [5.41, 5.74) is 15.5. The van der Waals surface area contributed by atoms with Crippen molar-refractivity contribution in [3.63, 3.8) is 0 Å². The highest BCUT2D eigenvalue weighted by atomic mass is 19.1. The molecule has 0 fully saturated rings. The highest BCUT2D eigenvalue weighted by Crippen LogP contribution is 2.34. The molecule has 3 amide bonds. The number of nitrogens with one attached hydrogen (secondary N) is 1. The largest absolute Gasteiger partial charge is 0.486 e. The molecule has 47 heavy (non-hydrogen) atoms. The molecule has 0 bridgehead atoms. The molecule has 0 radical (unpaired) electrons. The Kier molecular flexibility index (Phi) is 10.8. The predicted molar refractivity (Wildman–Crippen MR) is 166 cm³/mol. The number of carbonyl (C=O) groups excluding carboxylic acids is 3. The lowest BCUT2D eigenvalue weighted by Gasteiger charge is -2.37. The second-order valence-electron chi connectivity index (χ2n) is 11.1. The third kappa shape index (κ3) is 8.06. The van der Waals surface area contributed by atoms with Gasteiger partial charge in [-0.25, -0.2) is 9.18 Å². The van der Waals surface area contributed by atoms with E-state index in [1.54, 1.807) is 38.1 Å². The number of aliphatic carboxylic acids is 1. The van der Waals surface area contributed by atoms with Gasteiger partial charge in [-0.15, -0.1) is 0 Å². The molecule has 250 valence electrons. The number of nitrogens with zero attached hydrogens (tertiary/aromatic N) is 1. The zero-order chi connectivity index (χ0) is 34.3. The number of ether oxygens (including phenoxy) is 4. The minimum atomic E-state index is -2.14. The molecule has 3 atom stereocenters. The number of carbonyl (C=O) groups is 4. The van der Waals surface area contributed by atoms with Gasteiger partial charge in [0.25, 0.3) is 0 Å². The Morgan fingerprint density at radius 3 is 2.21 bits per heavy atom. The van der Waals surface area contributed by atoms with Gasteiger partial charge in [0.1, 0.15) is 30.0 Å². The molecule has 0 saturated heterocycles. The van der Waals surface area contributed by atoms with E-state index in [2.05, 4.69) is 5.32 Å². The summed E-state index contributed by atoms with van der Waals surface area (Å²) in [7, 11) is 0. The van der Waals surface area contributed by atoms with Gasteiger partial charge < -0.3 is 41.3 Å². The van der Waals surface area contributed by atoms with E-state index in [-0.39, 0.29) is 30.4 Å². The van der Waals surface area contributed by atoms with E-state index in [4.69, 9.17) is 36.1 Å². The number of Topliss-reactive ketones (excluding diaryl/α,β-unsaturated/α-hetero) is 1. The number of carboxylic acids is 1. The van der Waals surface area contributed by atoms with E-state index < -0.39 is 66.4 Å². The van der Waals surface area contributed by atoms with Crippen LogP contribution < -0.4 is 46.4 Å².